The van der Waals surface area contributed by atoms with E-state index in [1.54, 1.807) is 6.07 Å². The molecular formula is C15H23N3O3. The number of nitro benzene ring substituents is 1. The van der Waals surface area contributed by atoms with Gasteiger partial charge in [-0.15, -0.1) is 0 Å². The highest BCUT2D eigenvalue weighted by Crippen LogP contribution is 2.30. The highest BCUT2D eigenvalue weighted by molar-refractivity contribution is 5.58. The van der Waals surface area contributed by atoms with Crippen LogP contribution in [0.25, 0.3) is 0 Å². The number of nitrogens with zero attached hydrogens (tertiary/aromatic N) is 2. The van der Waals surface area contributed by atoms with Crippen LogP contribution in [-0.2, 0) is 0 Å². The Hall–Kier alpha value is -1.82. The number of ether oxygens (including phenoxy) is 1. The van der Waals surface area contributed by atoms with E-state index < -0.39 is 0 Å². The number of rotatable bonds is 6. The molecule has 1 aliphatic heterocycles. The van der Waals surface area contributed by atoms with Crippen molar-refractivity contribution in [1.29, 1.82) is 0 Å². The largest absolute Gasteiger partial charge is 0.496 e. The molecule has 1 aromatic rings. The number of nitro groups is 1. The average molecular weight is 293 g/mol. The third kappa shape index (κ3) is 3.85. The Bertz CT molecular complexity index is 499. The molecule has 1 aromatic carbocycles. The molecule has 116 valence electrons. The molecular weight excluding hydrogens is 270 g/mol. The van der Waals surface area contributed by atoms with Gasteiger partial charge in [-0.05, 0) is 33.2 Å². The van der Waals surface area contributed by atoms with Gasteiger partial charge in [0.1, 0.15) is 5.75 Å². The summed E-state index contributed by atoms with van der Waals surface area (Å²) in [5.41, 5.74) is 0.902. The molecule has 0 saturated carbocycles. The molecule has 0 amide bonds. The first-order chi connectivity index (χ1) is 10.0. The van der Waals surface area contributed by atoms with Crippen LogP contribution >= 0.6 is 0 Å². The summed E-state index contributed by atoms with van der Waals surface area (Å²) in [6, 6.07) is 5.65. The van der Waals surface area contributed by atoms with Crippen LogP contribution in [0.2, 0.25) is 0 Å². The summed E-state index contributed by atoms with van der Waals surface area (Å²) in [5, 5.41) is 14.5. The van der Waals surface area contributed by atoms with Gasteiger partial charge in [0.15, 0.2) is 0 Å². The van der Waals surface area contributed by atoms with Crippen molar-refractivity contribution in [3.05, 3.63) is 28.3 Å². The van der Waals surface area contributed by atoms with Gasteiger partial charge >= 0.3 is 0 Å². The van der Waals surface area contributed by atoms with Crippen molar-refractivity contribution in [2.24, 2.45) is 0 Å². The summed E-state index contributed by atoms with van der Waals surface area (Å²) in [4.78, 5) is 12.9. The van der Waals surface area contributed by atoms with Crippen LogP contribution < -0.4 is 15.0 Å². The summed E-state index contributed by atoms with van der Waals surface area (Å²) in [7, 11) is 1.53. The van der Waals surface area contributed by atoms with Gasteiger partial charge in [0.25, 0.3) is 5.69 Å². The first kappa shape index (κ1) is 15.6. The summed E-state index contributed by atoms with van der Waals surface area (Å²) in [5.74, 6) is 0.518. The lowest BCUT2D eigenvalue weighted by Gasteiger charge is -2.31. The lowest BCUT2D eigenvalue weighted by Crippen LogP contribution is -2.41. The fourth-order valence-electron chi connectivity index (χ4n) is 2.72. The van der Waals surface area contributed by atoms with Crippen LogP contribution in [0.15, 0.2) is 18.2 Å². The van der Waals surface area contributed by atoms with E-state index in [1.165, 1.54) is 19.6 Å². The number of anilines is 1. The predicted octanol–water partition coefficient (Wildman–Crippen LogP) is 2.57. The van der Waals surface area contributed by atoms with Crippen molar-refractivity contribution in [3.8, 4) is 5.75 Å². The van der Waals surface area contributed by atoms with E-state index in [4.69, 9.17) is 4.74 Å². The topological polar surface area (TPSA) is 67.6 Å². The van der Waals surface area contributed by atoms with Crippen LogP contribution in [0.4, 0.5) is 11.4 Å². The Morgan fingerprint density at radius 1 is 1.48 bits per heavy atom. The average Bonchev–Trinajstić information content (AvgIpc) is 2.96. The van der Waals surface area contributed by atoms with Crippen LogP contribution in [0.3, 0.4) is 0 Å². The number of nitrogens with one attached hydrogen (secondary N) is 1. The van der Waals surface area contributed by atoms with Crippen LogP contribution in [0, 0.1) is 10.1 Å². The van der Waals surface area contributed by atoms with Gasteiger partial charge in [-0.25, -0.2) is 0 Å². The van der Waals surface area contributed by atoms with E-state index >= 15 is 0 Å². The zero-order chi connectivity index (χ0) is 15.4. The highest BCUT2D eigenvalue weighted by Gasteiger charge is 2.22. The van der Waals surface area contributed by atoms with Crippen molar-refractivity contribution in [1.82, 2.24) is 5.32 Å². The molecule has 1 aliphatic rings. The molecule has 1 atom stereocenters. The van der Waals surface area contributed by atoms with E-state index in [9.17, 15) is 10.1 Å². The molecule has 2 rings (SSSR count). The maximum absolute atomic E-state index is 11.1. The van der Waals surface area contributed by atoms with Gasteiger partial charge in [0.2, 0.25) is 0 Å². The molecule has 0 radical (unpaired) electrons. The van der Waals surface area contributed by atoms with Gasteiger partial charge in [-0.1, -0.05) is 0 Å². The Morgan fingerprint density at radius 3 is 2.76 bits per heavy atom. The minimum atomic E-state index is -0.377. The first-order valence-electron chi connectivity index (χ1n) is 7.34. The van der Waals surface area contributed by atoms with Gasteiger partial charge < -0.3 is 15.0 Å². The van der Waals surface area contributed by atoms with Gasteiger partial charge in [-0.3, -0.25) is 10.1 Å². The van der Waals surface area contributed by atoms with Gasteiger partial charge in [-0.2, -0.15) is 0 Å². The van der Waals surface area contributed by atoms with Gasteiger partial charge in [0, 0.05) is 36.4 Å². The molecule has 6 heteroatoms. The third-order valence-electron chi connectivity index (χ3n) is 3.86. The van der Waals surface area contributed by atoms with E-state index in [1.807, 2.05) is 6.07 Å². The van der Waals surface area contributed by atoms with Crippen molar-refractivity contribution in [2.45, 2.75) is 38.8 Å². The SMILES string of the molecule is COc1cc(N(CC2CCCN2)C(C)C)cc([N+](=O)[O-])c1. The highest BCUT2D eigenvalue weighted by atomic mass is 16.6. The Kier molecular flexibility index (Phi) is 5.01. The van der Waals surface area contributed by atoms with Crippen LogP contribution in [0.5, 0.6) is 5.75 Å². The van der Waals surface area contributed by atoms with Crippen molar-refractivity contribution < 1.29 is 9.66 Å². The van der Waals surface area contributed by atoms with E-state index in [2.05, 4.69) is 24.1 Å². The maximum atomic E-state index is 11.1. The second-order valence-corrected chi connectivity index (χ2v) is 5.69. The second kappa shape index (κ2) is 6.76. The van der Waals surface area contributed by atoms with Gasteiger partial charge in [0.05, 0.1) is 18.1 Å². The zero-order valence-electron chi connectivity index (χ0n) is 12.8. The van der Waals surface area contributed by atoms with Crippen molar-refractivity contribution in [2.75, 3.05) is 25.1 Å². The lowest BCUT2D eigenvalue weighted by molar-refractivity contribution is -0.384. The number of hydrogen-bond donors (Lipinski definition) is 1. The van der Waals surface area contributed by atoms with E-state index in [0.29, 0.717) is 11.8 Å². The molecule has 0 bridgehead atoms. The zero-order valence-corrected chi connectivity index (χ0v) is 12.8. The molecule has 1 heterocycles. The molecule has 1 fully saturated rings. The number of non-ortho nitro benzene ring substituents is 1. The molecule has 1 unspecified atom stereocenters. The summed E-state index contributed by atoms with van der Waals surface area (Å²) in [6.07, 6.45) is 2.34. The molecule has 1 N–H and O–H groups in total. The normalized spacial score (nSPS) is 18.0. The summed E-state index contributed by atoms with van der Waals surface area (Å²) in [6.45, 7) is 6.09. The fraction of sp³-hybridized carbons (Fsp3) is 0.600. The fourth-order valence-corrected chi connectivity index (χ4v) is 2.72. The number of benzene rings is 1. The molecule has 21 heavy (non-hydrogen) atoms. The Balaban J connectivity index is 2.29. The third-order valence-corrected chi connectivity index (χ3v) is 3.86. The van der Waals surface area contributed by atoms with Crippen LogP contribution in [0.1, 0.15) is 26.7 Å². The molecule has 6 nitrogen and oxygen atoms in total. The Morgan fingerprint density at radius 2 is 2.24 bits per heavy atom. The second-order valence-electron chi connectivity index (χ2n) is 5.69. The molecule has 0 aliphatic carbocycles. The van der Waals surface area contributed by atoms with Crippen molar-refractivity contribution in [3.63, 3.8) is 0 Å². The lowest BCUT2D eigenvalue weighted by atomic mass is 10.1. The van der Waals surface area contributed by atoms with E-state index in [-0.39, 0.29) is 16.7 Å². The monoisotopic (exact) mass is 293 g/mol. The molecule has 0 aromatic heterocycles. The van der Waals surface area contributed by atoms with Crippen molar-refractivity contribution >= 4 is 11.4 Å². The summed E-state index contributed by atoms with van der Waals surface area (Å²) >= 11 is 0. The standard InChI is InChI=1S/C15H23N3O3/c1-11(2)17(10-12-5-4-6-16-12)13-7-14(18(19)20)9-15(8-13)21-3/h7-9,11-12,16H,4-6,10H2,1-3H3. The smallest absolute Gasteiger partial charge is 0.275 e. The Labute approximate surface area is 125 Å². The quantitative estimate of drug-likeness (QED) is 0.645. The molecule has 0 spiro atoms. The predicted molar refractivity (Wildman–Crippen MR) is 83.2 cm³/mol. The first-order valence-corrected chi connectivity index (χ1v) is 7.34. The molecule has 1 saturated heterocycles. The number of methoxy groups -OCH3 is 1. The van der Waals surface area contributed by atoms with Crippen LogP contribution in [-0.4, -0.2) is 37.2 Å². The number of hydrogen-bond acceptors (Lipinski definition) is 5. The summed E-state index contributed by atoms with van der Waals surface area (Å²) < 4.78 is 5.20. The maximum Gasteiger partial charge on any atom is 0.275 e. The van der Waals surface area contributed by atoms with E-state index in [0.717, 1.165) is 25.2 Å². The minimum Gasteiger partial charge on any atom is -0.496 e. The minimum absolute atomic E-state index is 0.0642.